The molecule has 0 radical (unpaired) electrons. The maximum Gasteiger partial charge on any atom is 0.133 e. The molecule has 1 fully saturated rings. The van der Waals surface area contributed by atoms with Gasteiger partial charge in [-0.05, 0) is 39.4 Å². The van der Waals surface area contributed by atoms with Crippen LogP contribution in [-0.2, 0) is 6.54 Å². The van der Waals surface area contributed by atoms with Crippen LogP contribution in [0.1, 0.15) is 37.6 Å². The summed E-state index contributed by atoms with van der Waals surface area (Å²) >= 11 is 0. The number of aromatic nitrogens is 1. The molecule has 0 amide bonds. The van der Waals surface area contributed by atoms with Crippen LogP contribution in [0.2, 0.25) is 0 Å². The van der Waals surface area contributed by atoms with Crippen LogP contribution in [0.25, 0.3) is 0 Å². The molecule has 2 rings (SSSR count). The van der Waals surface area contributed by atoms with E-state index in [1.54, 1.807) is 0 Å². The molecule has 118 valence electrons. The molecule has 1 aromatic heterocycles. The van der Waals surface area contributed by atoms with Gasteiger partial charge in [-0.2, -0.15) is 0 Å². The first-order chi connectivity index (χ1) is 9.88. The molecule has 0 aliphatic carbocycles. The van der Waals surface area contributed by atoms with E-state index >= 15 is 0 Å². The maximum absolute atomic E-state index is 4.86. The summed E-state index contributed by atoms with van der Waals surface area (Å²) in [5.41, 5.74) is 3.81. The van der Waals surface area contributed by atoms with Gasteiger partial charge in [-0.1, -0.05) is 13.8 Å². The molecule has 1 N–H and O–H groups in total. The van der Waals surface area contributed by atoms with Crippen LogP contribution in [0.15, 0.2) is 6.07 Å². The summed E-state index contributed by atoms with van der Waals surface area (Å²) in [7, 11) is 2.21. The minimum atomic E-state index is 0.491. The van der Waals surface area contributed by atoms with E-state index in [0.29, 0.717) is 12.1 Å². The SMILES string of the molecule is Cc1cc(C)c(CNC(C)C)c(N2CCN(C)C(C)C2)n1. The van der Waals surface area contributed by atoms with Crippen molar-refractivity contribution in [2.24, 2.45) is 0 Å². The number of nitrogens with one attached hydrogen (secondary N) is 1. The van der Waals surface area contributed by atoms with Gasteiger partial charge < -0.3 is 15.1 Å². The van der Waals surface area contributed by atoms with Gasteiger partial charge in [-0.25, -0.2) is 4.98 Å². The molecule has 1 aliphatic heterocycles. The molecular weight excluding hydrogens is 260 g/mol. The second-order valence-corrected chi connectivity index (χ2v) is 6.69. The summed E-state index contributed by atoms with van der Waals surface area (Å²) in [6.07, 6.45) is 0. The highest BCUT2D eigenvalue weighted by Crippen LogP contribution is 2.25. The van der Waals surface area contributed by atoms with E-state index in [1.165, 1.54) is 16.9 Å². The smallest absolute Gasteiger partial charge is 0.133 e. The van der Waals surface area contributed by atoms with E-state index in [1.807, 2.05) is 0 Å². The van der Waals surface area contributed by atoms with E-state index < -0.39 is 0 Å². The second-order valence-electron chi connectivity index (χ2n) is 6.69. The molecule has 0 aromatic carbocycles. The Hall–Kier alpha value is -1.13. The van der Waals surface area contributed by atoms with E-state index in [2.05, 4.69) is 62.8 Å². The van der Waals surface area contributed by atoms with Gasteiger partial charge in [-0.3, -0.25) is 0 Å². The molecule has 0 saturated carbocycles. The maximum atomic E-state index is 4.86. The van der Waals surface area contributed by atoms with Gasteiger partial charge in [0.1, 0.15) is 5.82 Å². The number of piperazine rings is 1. The lowest BCUT2D eigenvalue weighted by molar-refractivity contribution is 0.233. The number of pyridine rings is 1. The van der Waals surface area contributed by atoms with Gasteiger partial charge in [0.25, 0.3) is 0 Å². The summed E-state index contributed by atoms with van der Waals surface area (Å²) in [6.45, 7) is 15.1. The van der Waals surface area contributed by atoms with Crippen molar-refractivity contribution in [3.63, 3.8) is 0 Å². The van der Waals surface area contributed by atoms with Crippen LogP contribution >= 0.6 is 0 Å². The van der Waals surface area contributed by atoms with Gasteiger partial charge in [0.05, 0.1) is 0 Å². The first kappa shape index (κ1) is 16.2. The minimum Gasteiger partial charge on any atom is -0.353 e. The first-order valence-corrected chi connectivity index (χ1v) is 8.04. The number of nitrogens with zero attached hydrogens (tertiary/aromatic N) is 3. The monoisotopic (exact) mass is 290 g/mol. The number of aryl methyl sites for hydroxylation is 2. The highest BCUT2D eigenvalue weighted by molar-refractivity contribution is 5.52. The minimum absolute atomic E-state index is 0.491. The first-order valence-electron chi connectivity index (χ1n) is 8.04. The standard InChI is InChI=1S/C17H30N4/c1-12(2)18-10-16-13(3)9-14(4)19-17(16)21-8-7-20(6)15(5)11-21/h9,12,15,18H,7-8,10-11H2,1-6H3. The summed E-state index contributed by atoms with van der Waals surface area (Å²) in [5, 5.41) is 3.54. The Labute approximate surface area is 129 Å². The molecule has 1 saturated heterocycles. The predicted molar refractivity (Wildman–Crippen MR) is 90.0 cm³/mol. The number of rotatable bonds is 4. The Morgan fingerprint density at radius 2 is 2.05 bits per heavy atom. The molecule has 0 spiro atoms. The number of hydrogen-bond donors (Lipinski definition) is 1. The van der Waals surface area contributed by atoms with Crippen molar-refractivity contribution in [1.29, 1.82) is 0 Å². The van der Waals surface area contributed by atoms with Gasteiger partial charge >= 0.3 is 0 Å². The van der Waals surface area contributed by atoms with E-state index in [9.17, 15) is 0 Å². The van der Waals surface area contributed by atoms with Gasteiger partial charge in [0, 0.05) is 49.5 Å². The van der Waals surface area contributed by atoms with Crippen LogP contribution < -0.4 is 10.2 Å². The van der Waals surface area contributed by atoms with E-state index in [4.69, 9.17) is 4.98 Å². The normalized spacial score (nSPS) is 20.3. The average molecular weight is 290 g/mol. The summed E-state index contributed by atoms with van der Waals surface area (Å²) in [5.74, 6) is 1.18. The Morgan fingerprint density at radius 1 is 1.33 bits per heavy atom. The van der Waals surface area contributed by atoms with Crippen molar-refractivity contribution in [1.82, 2.24) is 15.2 Å². The van der Waals surface area contributed by atoms with Crippen molar-refractivity contribution in [2.45, 2.75) is 53.2 Å². The Morgan fingerprint density at radius 3 is 2.67 bits per heavy atom. The topological polar surface area (TPSA) is 31.4 Å². The van der Waals surface area contributed by atoms with Crippen LogP contribution in [0, 0.1) is 13.8 Å². The lowest BCUT2D eigenvalue weighted by Crippen LogP contribution is -2.50. The number of anilines is 1. The molecule has 0 bridgehead atoms. The fourth-order valence-electron chi connectivity index (χ4n) is 2.87. The third-order valence-corrected chi connectivity index (χ3v) is 4.40. The van der Waals surface area contributed by atoms with Gasteiger partial charge in [0.2, 0.25) is 0 Å². The highest BCUT2D eigenvalue weighted by atomic mass is 15.3. The zero-order valence-corrected chi connectivity index (χ0v) is 14.4. The fourth-order valence-corrected chi connectivity index (χ4v) is 2.87. The molecule has 1 aromatic rings. The quantitative estimate of drug-likeness (QED) is 0.922. The zero-order chi connectivity index (χ0) is 15.6. The molecule has 1 unspecified atom stereocenters. The van der Waals surface area contributed by atoms with Gasteiger partial charge in [-0.15, -0.1) is 0 Å². The molecule has 1 aliphatic rings. The van der Waals surface area contributed by atoms with Gasteiger partial charge in [0.15, 0.2) is 0 Å². The number of hydrogen-bond acceptors (Lipinski definition) is 4. The third-order valence-electron chi connectivity index (χ3n) is 4.40. The molecule has 1 atom stereocenters. The van der Waals surface area contributed by atoms with Crippen LogP contribution in [0.5, 0.6) is 0 Å². The number of likely N-dealkylation sites (N-methyl/N-ethyl adjacent to an activating group) is 1. The summed E-state index contributed by atoms with van der Waals surface area (Å²) in [4.78, 5) is 9.74. The summed E-state index contributed by atoms with van der Waals surface area (Å²) < 4.78 is 0. The predicted octanol–water partition coefficient (Wildman–Crippen LogP) is 2.34. The van der Waals surface area contributed by atoms with Crippen LogP contribution in [-0.4, -0.2) is 48.6 Å². The molecule has 4 nitrogen and oxygen atoms in total. The average Bonchev–Trinajstić information content (AvgIpc) is 2.40. The Bertz CT molecular complexity index is 484. The Balaban J connectivity index is 2.28. The lowest BCUT2D eigenvalue weighted by atomic mass is 10.1. The molecular formula is C17H30N4. The van der Waals surface area contributed by atoms with Crippen molar-refractivity contribution in [2.75, 3.05) is 31.6 Å². The van der Waals surface area contributed by atoms with Crippen molar-refractivity contribution in [3.05, 3.63) is 22.9 Å². The van der Waals surface area contributed by atoms with Crippen LogP contribution in [0.3, 0.4) is 0 Å². The zero-order valence-electron chi connectivity index (χ0n) is 14.4. The fraction of sp³-hybridized carbons (Fsp3) is 0.706. The van der Waals surface area contributed by atoms with Crippen LogP contribution in [0.4, 0.5) is 5.82 Å². The lowest BCUT2D eigenvalue weighted by Gasteiger charge is -2.39. The summed E-state index contributed by atoms with van der Waals surface area (Å²) in [6, 6.07) is 3.26. The van der Waals surface area contributed by atoms with Crippen molar-refractivity contribution in [3.8, 4) is 0 Å². The van der Waals surface area contributed by atoms with E-state index in [-0.39, 0.29) is 0 Å². The third kappa shape index (κ3) is 3.95. The molecule has 21 heavy (non-hydrogen) atoms. The Kier molecular flexibility index (Phi) is 5.22. The van der Waals surface area contributed by atoms with Crippen molar-refractivity contribution >= 4 is 5.82 Å². The largest absolute Gasteiger partial charge is 0.353 e. The highest BCUT2D eigenvalue weighted by Gasteiger charge is 2.24. The second kappa shape index (κ2) is 6.75. The molecule has 4 heteroatoms. The van der Waals surface area contributed by atoms with E-state index in [0.717, 1.165) is 31.9 Å². The van der Waals surface area contributed by atoms with Crippen molar-refractivity contribution < 1.29 is 0 Å². The molecule has 2 heterocycles.